The van der Waals surface area contributed by atoms with Gasteiger partial charge in [-0.15, -0.1) is 0 Å². The third-order valence-electron chi connectivity index (χ3n) is 2.38. The average molecular weight is 189 g/mol. The van der Waals surface area contributed by atoms with Crippen LogP contribution in [0.3, 0.4) is 0 Å². The summed E-state index contributed by atoms with van der Waals surface area (Å²) in [5, 5.41) is 0. The Balaban J connectivity index is 2.48. The van der Waals surface area contributed by atoms with Gasteiger partial charge in [-0.3, -0.25) is 0 Å². The molecule has 0 radical (unpaired) electrons. The van der Waals surface area contributed by atoms with Crippen molar-refractivity contribution in [3.05, 3.63) is 23.8 Å². The van der Waals surface area contributed by atoms with E-state index in [2.05, 4.69) is 4.99 Å². The van der Waals surface area contributed by atoms with Crippen molar-refractivity contribution in [2.45, 2.75) is 25.9 Å². The number of isocyanates is 1. The predicted octanol–water partition coefficient (Wildman–Crippen LogP) is 2.37. The van der Waals surface area contributed by atoms with Crippen LogP contribution in [-0.4, -0.2) is 12.2 Å². The summed E-state index contributed by atoms with van der Waals surface area (Å²) in [5.41, 5.74) is 1.71. The van der Waals surface area contributed by atoms with Gasteiger partial charge >= 0.3 is 0 Å². The maximum Gasteiger partial charge on any atom is 0.240 e. The van der Waals surface area contributed by atoms with Crippen LogP contribution in [0, 0.1) is 0 Å². The van der Waals surface area contributed by atoms with Crippen molar-refractivity contribution in [1.82, 2.24) is 0 Å². The van der Waals surface area contributed by atoms with Gasteiger partial charge in [-0.25, -0.2) is 4.79 Å². The van der Waals surface area contributed by atoms with Crippen LogP contribution in [0.25, 0.3) is 0 Å². The third-order valence-corrected chi connectivity index (χ3v) is 2.38. The second kappa shape index (κ2) is 3.64. The number of para-hydroxylation sites is 1. The van der Waals surface area contributed by atoms with E-state index in [-0.39, 0.29) is 6.10 Å². The van der Waals surface area contributed by atoms with Crippen molar-refractivity contribution < 1.29 is 9.53 Å². The molecule has 0 spiro atoms. The van der Waals surface area contributed by atoms with Crippen molar-refractivity contribution in [1.29, 1.82) is 0 Å². The van der Waals surface area contributed by atoms with E-state index >= 15 is 0 Å². The number of benzene rings is 1. The largest absolute Gasteiger partial charge is 0.488 e. The van der Waals surface area contributed by atoms with Crippen LogP contribution >= 0.6 is 0 Å². The van der Waals surface area contributed by atoms with Crippen LogP contribution in [0.1, 0.15) is 18.9 Å². The number of fused-ring (bicyclic) bond motifs is 1. The van der Waals surface area contributed by atoms with E-state index in [9.17, 15) is 4.79 Å². The molecule has 0 aliphatic carbocycles. The zero-order valence-electron chi connectivity index (χ0n) is 7.99. The van der Waals surface area contributed by atoms with Crippen LogP contribution in [0.4, 0.5) is 5.69 Å². The molecule has 0 saturated heterocycles. The molecular weight excluding hydrogens is 178 g/mol. The molecule has 14 heavy (non-hydrogen) atoms. The zero-order chi connectivity index (χ0) is 9.97. The molecule has 0 aromatic heterocycles. The van der Waals surface area contributed by atoms with Crippen molar-refractivity contribution in [2.75, 3.05) is 0 Å². The fourth-order valence-electron chi connectivity index (χ4n) is 1.66. The molecule has 72 valence electrons. The molecule has 0 N–H and O–H groups in total. The average Bonchev–Trinajstić information content (AvgIpc) is 2.19. The smallest absolute Gasteiger partial charge is 0.240 e. The topological polar surface area (TPSA) is 38.7 Å². The van der Waals surface area contributed by atoms with Gasteiger partial charge in [-0.1, -0.05) is 12.1 Å². The molecule has 1 atom stereocenters. The van der Waals surface area contributed by atoms with E-state index in [0.29, 0.717) is 5.69 Å². The first-order valence-electron chi connectivity index (χ1n) is 4.67. The molecule has 0 bridgehead atoms. The van der Waals surface area contributed by atoms with E-state index < -0.39 is 0 Å². The summed E-state index contributed by atoms with van der Waals surface area (Å²) in [4.78, 5) is 13.8. The molecule has 2 rings (SSSR count). The van der Waals surface area contributed by atoms with Gasteiger partial charge in [0.2, 0.25) is 6.08 Å². The number of aryl methyl sites for hydroxylation is 1. The van der Waals surface area contributed by atoms with Crippen LogP contribution in [0.2, 0.25) is 0 Å². The van der Waals surface area contributed by atoms with E-state index in [1.165, 1.54) is 0 Å². The molecule has 1 aliphatic rings. The summed E-state index contributed by atoms with van der Waals surface area (Å²) < 4.78 is 5.64. The van der Waals surface area contributed by atoms with Gasteiger partial charge in [-0.2, -0.15) is 4.99 Å². The Morgan fingerprint density at radius 1 is 1.57 bits per heavy atom. The van der Waals surface area contributed by atoms with E-state index in [4.69, 9.17) is 4.74 Å². The van der Waals surface area contributed by atoms with Crippen molar-refractivity contribution in [3.8, 4) is 5.75 Å². The molecule has 3 heteroatoms. The van der Waals surface area contributed by atoms with Crippen LogP contribution in [0.5, 0.6) is 5.75 Å². The Morgan fingerprint density at radius 3 is 3.21 bits per heavy atom. The van der Waals surface area contributed by atoms with Crippen molar-refractivity contribution >= 4 is 11.8 Å². The van der Waals surface area contributed by atoms with Crippen LogP contribution < -0.4 is 4.74 Å². The quantitative estimate of drug-likeness (QED) is 0.502. The Labute approximate surface area is 82.4 Å². The molecule has 0 fully saturated rings. The molecular formula is C11H11NO2. The first-order valence-corrected chi connectivity index (χ1v) is 4.67. The summed E-state index contributed by atoms with van der Waals surface area (Å²) in [6, 6.07) is 5.65. The van der Waals surface area contributed by atoms with Crippen LogP contribution in [-0.2, 0) is 11.2 Å². The van der Waals surface area contributed by atoms with E-state index in [0.717, 1.165) is 24.2 Å². The van der Waals surface area contributed by atoms with Gasteiger partial charge in [-0.05, 0) is 31.4 Å². The number of hydrogen-bond acceptors (Lipinski definition) is 3. The minimum absolute atomic E-state index is 0.200. The first-order chi connectivity index (χ1) is 6.81. The third kappa shape index (κ3) is 1.54. The maximum absolute atomic E-state index is 10.2. The normalized spacial score (nSPS) is 19.1. The lowest BCUT2D eigenvalue weighted by Gasteiger charge is -2.23. The highest BCUT2D eigenvalue weighted by Gasteiger charge is 2.18. The minimum Gasteiger partial charge on any atom is -0.488 e. The minimum atomic E-state index is 0.200. The predicted molar refractivity (Wildman–Crippen MR) is 52.6 cm³/mol. The Bertz CT molecular complexity index is 394. The summed E-state index contributed by atoms with van der Waals surface area (Å²) in [6.07, 6.45) is 3.74. The number of nitrogens with zero attached hydrogens (tertiary/aromatic N) is 1. The van der Waals surface area contributed by atoms with E-state index in [1.807, 2.05) is 19.1 Å². The second-order valence-electron chi connectivity index (χ2n) is 3.44. The van der Waals surface area contributed by atoms with Crippen molar-refractivity contribution in [3.63, 3.8) is 0 Å². The monoisotopic (exact) mass is 189 g/mol. The van der Waals surface area contributed by atoms with Crippen LogP contribution in [0.15, 0.2) is 23.2 Å². The zero-order valence-corrected chi connectivity index (χ0v) is 7.99. The number of rotatable bonds is 1. The summed E-state index contributed by atoms with van der Waals surface area (Å²) in [6.45, 7) is 2.02. The second-order valence-corrected chi connectivity index (χ2v) is 3.44. The lowest BCUT2D eigenvalue weighted by atomic mass is 10.0. The molecule has 0 amide bonds. The highest BCUT2D eigenvalue weighted by molar-refractivity contribution is 5.61. The summed E-state index contributed by atoms with van der Waals surface area (Å²) in [7, 11) is 0. The lowest BCUT2D eigenvalue weighted by molar-refractivity contribution is 0.193. The van der Waals surface area contributed by atoms with Gasteiger partial charge in [0.15, 0.2) is 0 Å². The first kappa shape index (κ1) is 8.97. The Hall–Kier alpha value is -1.60. The number of carbonyl (C=O) groups excluding carboxylic acids is 1. The number of ether oxygens (including phenoxy) is 1. The fourth-order valence-corrected chi connectivity index (χ4v) is 1.66. The molecule has 1 aromatic carbocycles. The Morgan fingerprint density at radius 2 is 2.43 bits per heavy atom. The van der Waals surface area contributed by atoms with Gasteiger partial charge in [0.25, 0.3) is 0 Å². The molecule has 1 heterocycles. The SMILES string of the molecule is CC1CCc2cccc(N=C=O)c2O1. The summed E-state index contributed by atoms with van der Waals surface area (Å²) >= 11 is 0. The van der Waals surface area contributed by atoms with Crippen molar-refractivity contribution in [2.24, 2.45) is 4.99 Å². The Kier molecular flexibility index (Phi) is 2.33. The molecule has 1 aliphatic heterocycles. The maximum atomic E-state index is 10.2. The highest BCUT2D eigenvalue weighted by atomic mass is 16.5. The highest BCUT2D eigenvalue weighted by Crippen LogP contribution is 2.36. The van der Waals surface area contributed by atoms with Gasteiger partial charge in [0.1, 0.15) is 11.4 Å². The summed E-state index contributed by atoms with van der Waals surface area (Å²) in [5.74, 6) is 0.745. The molecule has 3 nitrogen and oxygen atoms in total. The van der Waals surface area contributed by atoms with Gasteiger partial charge in [0.05, 0.1) is 6.10 Å². The van der Waals surface area contributed by atoms with E-state index in [1.54, 1.807) is 12.1 Å². The molecule has 0 saturated carbocycles. The number of hydrogen-bond donors (Lipinski definition) is 0. The molecule has 1 aromatic rings. The standard InChI is InChI=1S/C11H11NO2/c1-8-5-6-9-3-2-4-10(12-7-13)11(9)14-8/h2-4,8H,5-6H2,1H3. The molecule has 1 unspecified atom stereocenters. The number of aliphatic imine (C=N–C) groups is 1. The van der Waals surface area contributed by atoms with Gasteiger partial charge in [0, 0.05) is 0 Å². The lowest BCUT2D eigenvalue weighted by Crippen LogP contribution is -2.18. The van der Waals surface area contributed by atoms with Gasteiger partial charge < -0.3 is 4.74 Å². The fraction of sp³-hybridized carbons (Fsp3) is 0.364.